The number of aromatic nitrogens is 1. The molecule has 6 nitrogen and oxygen atoms in total. The molecule has 2 aromatic rings. The minimum Gasteiger partial charge on any atom is -0.478 e. The Balaban J connectivity index is 2.58. The molecular formula is C12H6Cl4N2O4. The van der Waals surface area contributed by atoms with Crippen molar-refractivity contribution in [3.05, 3.63) is 43.0 Å². The van der Waals surface area contributed by atoms with Gasteiger partial charge in [0.1, 0.15) is 5.76 Å². The summed E-state index contributed by atoms with van der Waals surface area (Å²) in [4.78, 5) is 23.6. The highest BCUT2D eigenvalue weighted by Crippen LogP contribution is 2.41. The number of carbonyl (C=O) groups excluding carboxylic acids is 1. The number of nitrogens with one attached hydrogen (secondary N) is 1. The zero-order chi connectivity index (χ0) is 16.6. The lowest BCUT2D eigenvalue weighted by Crippen LogP contribution is -2.18. The number of halogens is 4. The predicted octanol–water partition coefficient (Wildman–Crippen LogP) is 4.55. The van der Waals surface area contributed by atoms with Crippen LogP contribution in [0.2, 0.25) is 20.1 Å². The third-order valence-corrected chi connectivity index (χ3v) is 4.38. The summed E-state index contributed by atoms with van der Waals surface area (Å²) in [6, 6.07) is 1.44. The smallest absolute Gasteiger partial charge is 0.338 e. The molecule has 0 spiro atoms. The van der Waals surface area contributed by atoms with Gasteiger partial charge in [-0.25, -0.2) is 4.79 Å². The summed E-state index contributed by atoms with van der Waals surface area (Å²) in [5.74, 6) is -1.81. The maximum absolute atomic E-state index is 12.3. The number of carboxylic acids is 1. The molecule has 0 aliphatic carbocycles. The lowest BCUT2D eigenvalue weighted by molar-refractivity contribution is 0.0692. The van der Waals surface area contributed by atoms with Crippen molar-refractivity contribution in [2.24, 2.45) is 0 Å². The predicted molar refractivity (Wildman–Crippen MR) is 82.6 cm³/mol. The minimum absolute atomic E-state index is 0.0806. The molecule has 116 valence electrons. The molecule has 2 N–H and O–H groups in total. The molecule has 0 atom stereocenters. The lowest BCUT2D eigenvalue weighted by Gasteiger charge is -2.13. The molecule has 1 amide bonds. The van der Waals surface area contributed by atoms with Gasteiger partial charge in [-0.15, -0.1) is 0 Å². The average Bonchev–Trinajstić information content (AvgIpc) is 2.84. The third kappa shape index (κ3) is 3.01. The van der Waals surface area contributed by atoms with Crippen LogP contribution in [0.4, 0.5) is 5.82 Å². The highest BCUT2D eigenvalue weighted by atomic mass is 35.5. The Morgan fingerprint density at radius 3 is 2.09 bits per heavy atom. The van der Waals surface area contributed by atoms with E-state index in [0.717, 1.165) is 0 Å². The van der Waals surface area contributed by atoms with Crippen LogP contribution in [0.5, 0.6) is 0 Å². The van der Waals surface area contributed by atoms with Crippen LogP contribution in [-0.2, 0) is 0 Å². The van der Waals surface area contributed by atoms with Gasteiger partial charge in [-0.3, -0.25) is 4.79 Å². The van der Waals surface area contributed by atoms with E-state index in [2.05, 4.69) is 10.5 Å². The van der Waals surface area contributed by atoms with Crippen molar-refractivity contribution in [1.29, 1.82) is 0 Å². The van der Waals surface area contributed by atoms with Crippen LogP contribution in [0.1, 0.15) is 26.5 Å². The zero-order valence-corrected chi connectivity index (χ0v) is 13.7. The minimum atomic E-state index is -1.48. The van der Waals surface area contributed by atoms with Gasteiger partial charge in [-0.1, -0.05) is 51.6 Å². The first kappa shape index (κ1) is 16.9. The summed E-state index contributed by atoms with van der Waals surface area (Å²) in [5, 5.41) is 14.0. The quantitative estimate of drug-likeness (QED) is 0.599. The molecule has 1 aromatic carbocycles. The first-order chi connectivity index (χ1) is 10.2. The zero-order valence-electron chi connectivity index (χ0n) is 10.7. The molecule has 0 fully saturated rings. The van der Waals surface area contributed by atoms with Crippen molar-refractivity contribution in [3.63, 3.8) is 0 Å². The summed E-state index contributed by atoms with van der Waals surface area (Å²) < 4.78 is 4.79. The van der Waals surface area contributed by atoms with Crippen LogP contribution in [0.3, 0.4) is 0 Å². The average molecular weight is 384 g/mol. The monoisotopic (exact) mass is 382 g/mol. The van der Waals surface area contributed by atoms with Gasteiger partial charge in [0, 0.05) is 6.07 Å². The Bertz CT molecular complexity index is 788. The van der Waals surface area contributed by atoms with Crippen molar-refractivity contribution in [3.8, 4) is 0 Å². The largest absolute Gasteiger partial charge is 0.478 e. The summed E-state index contributed by atoms with van der Waals surface area (Å²) >= 11 is 23.5. The van der Waals surface area contributed by atoms with E-state index in [1.54, 1.807) is 6.92 Å². The molecule has 0 saturated carbocycles. The highest BCUT2D eigenvalue weighted by Gasteiger charge is 2.29. The van der Waals surface area contributed by atoms with Crippen molar-refractivity contribution in [1.82, 2.24) is 5.16 Å². The van der Waals surface area contributed by atoms with E-state index in [1.165, 1.54) is 6.07 Å². The number of hydrogen-bond donors (Lipinski definition) is 2. The fourth-order valence-corrected chi connectivity index (χ4v) is 2.67. The van der Waals surface area contributed by atoms with Gasteiger partial charge in [0.15, 0.2) is 5.82 Å². The second-order valence-corrected chi connectivity index (χ2v) is 5.60. The summed E-state index contributed by atoms with van der Waals surface area (Å²) in [5.41, 5.74) is -0.979. The molecule has 2 rings (SSSR count). The fraction of sp³-hybridized carbons (Fsp3) is 0.0833. The van der Waals surface area contributed by atoms with Gasteiger partial charge in [0.05, 0.1) is 31.2 Å². The highest BCUT2D eigenvalue weighted by molar-refractivity contribution is 6.54. The molecule has 0 aliphatic heterocycles. The van der Waals surface area contributed by atoms with Gasteiger partial charge < -0.3 is 14.9 Å². The fourth-order valence-electron chi connectivity index (χ4n) is 1.65. The number of amides is 1. The van der Waals surface area contributed by atoms with Crippen LogP contribution < -0.4 is 5.32 Å². The Labute approximate surface area is 143 Å². The Morgan fingerprint density at radius 2 is 1.64 bits per heavy atom. The topological polar surface area (TPSA) is 92.4 Å². The molecule has 1 aromatic heterocycles. The number of rotatable bonds is 3. The molecule has 0 saturated heterocycles. The first-order valence-corrected chi connectivity index (χ1v) is 7.09. The molecule has 0 aliphatic rings. The molecule has 1 heterocycles. The van der Waals surface area contributed by atoms with E-state index in [0.29, 0.717) is 5.76 Å². The van der Waals surface area contributed by atoms with Crippen LogP contribution >= 0.6 is 46.4 Å². The normalized spacial score (nSPS) is 10.6. The van der Waals surface area contributed by atoms with Crippen LogP contribution in [0.25, 0.3) is 0 Å². The number of aryl methyl sites for hydroxylation is 1. The Hall–Kier alpha value is -1.47. The number of carboxylic acid groups (broad SMARTS) is 1. The second kappa shape index (κ2) is 6.34. The molecule has 0 bridgehead atoms. The standard InChI is InChI=1S/C12H6Cl4N2O4/c1-3-2-4(18-22-3)17-11(19)5-6(12(20)21)8(14)10(16)9(15)7(5)13/h2H,1H3,(H,20,21)(H,17,18,19). The Kier molecular flexibility index (Phi) is 4.87. The summed E-state index contributed by atoms with van der Waals surface area (Å²) in [6.45, 7) is 1.62. The maximum atomic E-state index is 12.3. The summed E-state index contributed by atoms with van der Waals surface area (Å²) in [7, 11) is 0. The number of anilines is 1. The molecule has 22 heavy (non-hydrogen) atoms. The van der Waals surface area contributed by atoms with Crippen LogP contribution in [0, 0.1) is 6.92 Å². The number of nitrogens with zero attached hydrogens (tertiary/aromatic N) is 1. The van der Waals surface area contributed by atoms with E-state index in [9.17, 15) is 14.7 Å². The first-order valence-electron chi connectivity index (χ1n) is 5.58. The Morgan fingerprint density at radius 1 is 1.09 bits per heavy atom. The van der Waals surface area contributed by atoms with Crippen molar-refractivity contribution in [2.75, 3.05) is 5.32 Å². The van der Waals surface area contributed by atoms with Crippen molar-refractivity contribution in [2.45, 2.75) is 6.92 Å². The second-order valence-electron chi connectivity index (χ2n) is 4.09. The van der Waals surface area contributed by atoms with Gasteiger partial charge in [-0.05, 0) is 6.92 Å². The number of carbonyl (C=O) groups is 2. The van der Waals surface area contributed by atoms with E-state index in [4.69, 9.17) is 50.9 Å². The number of hydrogen-bond acceptors (Lipinski definition) is 4. The molecule has 10 heteroatoms. The molecule has 0 unspecified atom stereocenters. The van der Waals surface area contributed by atoms with Gasteiger partial charge in [0.25, 0.3) is 5.91 Å². The lowest BCUT2D eigenvalue weighted by atomic mass is 10.1. The van der Waals surface area contributed by atoms with Crippen molar-refractivity contribution >= 4 is 64.1 Å². The SMILES string of the molecule is Cc1cc(NC(=O)c2c(Cl)c(Cl)c(Cl)c(Cl)c2C(=O)O)no1. The summed E-state index contributed by atoms with van der Waals surface area (Å²) in [6.07, 6.45) is 0. The third-order valence-electron chi connectivity index (χ3n) is 2.58. The van der Waals surface area contributed by atoms with Crippen molar-refractivity contribution < 1.29 is 19.2 Å². The van der Waals surface area contributed by atoms with E-state index in [-0.39, 0.29) is 25.9 Å². The van der Waals surface area contributed by atoms with Gasteiger partial charge >= 0.3 is 5.97 Å². The van der Waals surface area contributed by atoms with Gasteiger partial charge in [0.2, 0.25) is 0 Å². The molecule has 0 radical (unpaired) electrons. The maximum Gasteiger partial charge on any atom is 0.338 e. The number of aromatic carboxylic acids is 1. The van der Waals surface area contributed by atoms with Crippen LogP contribution in [0.15, 0.2) is 10.6 Å². The van der Waals surface area contributed by atoms with E-state index in [1.807, 2.05) is 0 Å². The van der Waals surface area contributed by atoms with Crippen LogP contribution in [-0.4, -0.2) is 22.1 Å². The molecular weight excluding hydrogens is 378 g/mol. The van der Waals surface area contributed by atoms with E-state index >= 15 is 0 Å². The van der Waals surface area contributed by atoms with Gasteiger partial charge in [-0.2, -0.15) is 0 Å². The number of benzene rings is 1. The van der Waals surface area contributed by atoms with E-state index < -0.39 is 23.0 Å².